The van der Waals surface area contributed by atoms with Gasteiger partial charge in [-0.3, -0.25) is 0 Å². The van der Waals surface area contributed by atoms with Gasteiger partial charge >= 0.3 is 0 Å². The summed E-state index contributed by atoms with van der Waals surface area (Å²) in [6.45, 7) is 2.06. The number of anilines is 1. The Hall–Kier alpha value is -1.61. The molecule has 18 heavy (non-hydrogen) atoms. The standard InChI is InChI=1S/C15H17NOS/c1-11-14(16)4-3-5-15(11)18-10-12-6-8-13(17-2)9-7-12/h3-9H,10,16H2,1-2H3. The monoisotopic (exact) mass is 259 g/mol. The molecule has 0 heterocycles. The number of hydrogen-bond donors (Lipinski definition) is 1. The maximum atomic E-state index is 5.90. The van der Waals surface area contributed by atoms with E-state index in [2.05, 4.69) is 25.1 Å². The van der Waals surface area contributed by atoms with Crippen molar-refractivity contribution in [2.24, 2.45) is 0 Å². The molecule has 0 atom stereocenters. The second-order valence-corrected chi connectivity index (χ2v) is 5.12. The van der Waals surface area contributed by atoms with Gasteiger partial charge in [0.15, 0.2) is 0 Å². The van der Waals surface area contributed by atoms with Crippen LogP contribution in [0.5, 0.6) is 5.75 Å². The Balaban J connectivity index is 2.04. The molecule has 2 N–H and O–H groups in total. The first-order valence-corrected chi connectivity index (χ1v) is 6.80. The lowest BCUT2D eigenvalue weighted by molar-refractivity contribution is 0.414. The summed E-state index contributed by atoms with van der Waals surface area (Å²) < 4.78 is 5.14. The van der Waals surface area contributed by atoms with E-state index >= 15 is 0 Å². The average Bonchev–Trinajstić information content (AvgIpc) is 2.41. The van der Waals surface area contributed by atoms with Crippen LogP contribution in [0.15, 0.2) is 47.4 Å². The zero-order valence-corrected chi connectivity index (χ0v) is 11.5. The Labute approximate surface area is 112 Å². The molecule has 0 aliphatic heterocycles. The van der Waals surface area contributed by atoms with Crippen molar-refractivity contribution in [3.05, 3.63) is 53.6 Å². The fourth-order valence-corrected chi connectivity index (χ4v) is 2.69. The minimum atomic E-state index is 0.856. The van der Waals surface area contributed by atoms with Gasteiger partial charge in [0, 0.05) is 16.3 Å². The van der Waals surface area contributed by atoms with E-state index in [-0.39, 0.29) is 0 Å². The summed E-state index contributed by atoms with van der Waals surface area (Å²) in [5, 5.41) is 0. The van der Waals surface area contributed by atoms with Crippen molar-refractivity contribution >= 4 is 17.4 Å². The van der Waals surface area contributed by atoms with E-state index in [1.165, 1.54) is 10.5 Å². The van der Waals surface area contributed by atoms with Crippen molar-refractivity contribution in [3.63, 3.8) is 0 Å². The number of methoxy groups -OCH3 is 1. The van der Waals surface area contributed by atoms with Crippen molar-refractivity contribution in [2.75, 3.05) is 12.8 Å². The molecule has 0 fully saturated rings. The number of ether oxygens (including phenoxy) is 1. The van der Waals surface area contributed by atoms with E-state index in [0.717, 1.165) is 22.8 Å². The molecular formula is C15H17NOS. The summed E-state index contributed by atoms with van der Waals surface area (Å²) in [6, 6.07) is 14.2. The summed E-state index contributed by atoms with van der Waals surface area (Å²) in [7, 11) is 1.68. The zero-order valence-electron chi connectivity index (χ0n) is 10.6. The molecule has 94 valence electrons. The van der Waals surface area contributed by atoms with Gasteiger partial charge in [0.25, 0.3) is 0 Å². The van der Waals surface area contributed by atoms with Gasteiger partial charge in [-0.2, -0.15) is 0 Å². The maximum absolute atomic E-state index is 5.90. The first-order valence-electron chi connectivity index (χ1n) is 5.81. The first-order chi connectivity index (χ1) is 8.70. The van der Waals surface area contributed by atoms with Gasteiger partial charge in [0.2, 0.25) is 0 Å². The molecule has 0 amide bonds. The lowest BCUT2D eigenvalue weighted by Gasteiger charge is -2.08. The Morgan fingerprint density at radius 3 is 2.50 bits per heavy atom. The molecule has 0 spiro atoms. The van der Waals surface area contributed by atoms with Crippen LogP contribution < -0.4 is 10.5 Å². The van der Waals surface area contributed by atoms with Crippen LogP contribution in [0.25, 0.3) is 0 Å². The summed E-state index contributed by atoms with van der Waals surface area (Å²) in [5.74, 6) is 1.83. The number of nitrogens with two attached hydrogens (primary N) is 1. The van der Waals surface area contributed by atoms with Gasteiger partial charge in [-0.25, -0.2) is 0 Å². The number of hydrogen-bond acceptors (Lipinski definition) is 3. The second-order valence-electron chi connectivity index (χ2n) is 4.11. The van der Waals surface area contributed by atoms with Crippen molar-refractivity contribution in [1.82, 2.24) is 0 Å². The lowest BCUT2D eigenvalue weighted by atomic mass is 10.2. The van der Waals surface area contributed by atoms with E-state index in [4.69, 9.17) is 10.5 Å². The zero-order chi connectivity index (χ0) is 13.0. The van der Waals surface area contributed by atoms with Gasteiger partial charge in [0.1, 0.15) is 5.75 Å². The first kappa shape index (κ1) is 12.8. The third-order valence-corrected chi connectivity index (χ3v) is 4.11. The molecule has 2 aromatic carbocycles. The Bertz CT molecular complexity index is 523. The van der Waals surface area contributed by atoms with Gasteiger partial charge < -0.3 is 10.5 Å². The lowest BCUT2D eigenvalue weighted by Crippen LogP contribution is -1.91. The number of rotatable bonds is 4. The molecule has 0 radical (unpaired) electrons. The predicted octanol–water partition coefficient (Wildman–Crippen LogP) is 3.88. The molecule has 0 unspecified atom stereocenters. The van der Waals surface area contributed by atoms with Crippen molar-refractivity contribution < 1.29 is 4.74 Å². The van der Waals surface area contributed by atoms with Crippen LogP contribution in [-0.2, 0) is 5.75 Å². The molecule has 0 saturated heterocycles. The normalized spacial score (nSPS) is 10.3. The topological polar surface area (TPSA) is 35.2 Å². The van der Waals surface area contributed by atoms with E-state index in [9.17, 15) is 0 Å². The fraction of sp³-hybridized carbons (Fsp3) is 0.200. The van der Waals surface area contributed by atoms with Crippen LogP contribution in [0.3, 0.4) is 0 Å². The van der Waals surface area contributed by atoms with Crippen LogP contribution in [0, 0.1) is 6.92 Å². The minimum absolute atomic E-state index is 0.856. The number of benzene rings is 2. The highest BCUT2D eigenvalue weighted by Gasteiger charge is 2.02. The van der Waals surface area contributed by atoms with Crippen molar-refractivity contribution in [2.45, 2.75) is 17.6 Å². The van der Waals surface area contributed by atoms with E-state index in [1.54, 1.807) is 18.9 Å². The quantitative estimate of drug-likeness (QED) is 0.668. The van der Waals surface area contributed by atoms with Crippen molar-refractivity contribution in [3.8, 4) is 5.75 Å². The predicted molar refractivity (Wildman–Crippen MR) is 78.1 cm³/mol. The van der Waals surface area contributed by atoms with Gasteiger partial charge in [-0.15, -0.1) is 11.8 Å². The molecule has 0 aliphatic carbocycles. The molecule has 0 bridgehead atoms. The fourth-order valence-electron chi connectivity index (χ4n) is 1.67. The third kappa shape index (κ3) is 2.99. The Kier molecular flexibility index (Phi) is 4.15. The number of thioether (sulfide) groups is 1. The van der Waals surface area contributed by atoms with E-state index in [1.807, 2.05) is 24.3 Å². The molecule has 0 aromatic heterocycles. The highest BCUT2D eigenvalue weighted by atomic mass is 32.2. The molecule has 0 aliphatic rings. The van der Waals surface area contributed by atoms with E-state index in [0.29, 0.717) is 0 Å². The van der Waals surface area contributed by atoms with Gasteiger partial charge in [-0.05, 0) is 42.3 Å². The van der Waals surface area contributed by atoms with Gasteiger partial charge in [-0.1, -0.05) is 18.2 Å². The summed E-state index contributed by atoms with van der Waals surface area (Å²) in [6.07, 6.45) is 0. The molecular weight excluding hydrogens is 242 g/mol. The summed E-state index contributed by atoms with van der Waals surface area (Å²) >= 11 is 1.81. The highest BCUT2D eigenvalue weighted by molar-refractivity contribution is 7.98. The Morgan fingerprint density at radius 1 is 1.11 bits per heavy atom. The van der Waals surface area contributed by atoms with Crippen LogP contribution in [0.2, 0.25) is 0 Å². The second kappa shape index (κ2) is 5.83. The summed E-state index contributed by atoms with van der Waals surface area (Å²) in [5.41, 5.74) is 9.20. The van der Waals surface area contributed by atoms with Crippen LogP contribution >= 0.6 is 11.8 Å². The minimum Gasteiger partial charge on any atom is -0.497 e. The molecule has 2 aromatic rings. The van der Waals surface area contributed by atoms with Gasteiger partial charge in [0.05, 0.1) is 7.11 Å². The van der Waals surface area contributed by atoms with Crippen LogP contribution in [0.1, 0.15) is 11.1 Å². The van der Waals surface area contributed by atoms with Crippen LogP contribution in [-0.4, -0.2) is 7.11 Å². The average molecular weight is 259 g/mol. The summed E-state index contributed by atoms with van der Waals surface area (Å²) in [4.78, 5) is 1.24. The highest BCUT2D eigenvalue weighted by Crippen LogP contribution is 2.29. The smallest absolute Gasteiger partial charge is 0.118 e. The third-order valence-electron chi connectivity index (χ3n) is 2.88. The molecule has 0 saturated carbocycles. The molecule has 3 heteroatoms. The van der Waals surface area contributed by atoms with E-state index < -0.39 is 0 Å². The maximum Gasteiger partial charge on any atom is 0.118 e. The number of nitrogen functional groups attached to an aromatic ring is 1. The Morgan fingerprint density at radius 2 is 1.83 bits per heavy atom. The molecule has 2 rings (SSSR count). The van der Waals surface area contributed by atoms with Crippen LogP contribution in [0.4, 0.5) is 5.69 Å². The largest absolute Gasteiger partial charge is 0.497 e. The van der Waals surface area contributed by atoms with Crippen molar-refractivity contribution in [1.29, 1.82) is 0 Å². The SMILES string of the molecule is COc1ccc(CSc2cccc(N)c2C)cc1. The molecule has 2 nitrogen and oxygen atoms in total.